The van der Waals surface area contributed by atoms with Crippen LogP contribution in [0.1, 0.15) is 36.9 Å². The van der Waals surface area contributed by atoms with Crippen molar-refractivity contribution in [1.29, 1.82) is 0 Å². The van der Waals surface area contributed by atoms with Gasteiger partial charge in [-0.1, -0.05) is 42.5 Å². The van der Waals surface area contributed by atoms with Gasteiger partial charge in [0, 0.05) is 6.04 Å². The second-order valence-corrected chi connectivity index (χ2v) is 5.15. The topological polar surface area (TPSA) is 35.2 Å². The Hall–Kier alpha value is -1.80. The lowest BCUT2D eigenvalue weighted by Crippen LogP contribution is -2.04. The zero-order chi connectivity index (χ0) is 14.2. The number of unbranched alkanes of at least 4 members (excludes halogenated alkanes) is 1. The van der Waals surface area contributed by atoms with Crippen LogP contribution in [0.25, 0.3) is 0 Å². The summed E-state index contributed by atoms with van der Waals surface area (Å²) in [5.41, 5.74) is 8.36. The van der Waals surface area contributed by atoms with Crippen molar-refractivity contribution in [3.8, 4) is 5.75 Å². The first-order valence-corrected chi connectivity index (χ1v) is 7.28. The number of rotatable bonds is 7. The summed E-state index contributed by atoms with van der Waals surface area (Å²) in [6.45, 7) is 2.75. The molecule has 0 unspecified atom stereocenters. The van der Waals surface area contributed by atoms with Gasteiger partial charge in [-0.05, 0) is 49.4 Å². The quantitative estimate of drug-likeness (QED) is 0.768. The van der Waals surface area contributed by atoms with Gasteiger partial charge in [-0.25, -0.2) is 0 Å². The zero-order valence-electron chi connectivity index (χ0n) is 12.1. The van der Waals surface area contributed by atoms with Crippen LogP contribution in [-0.4, -0.2) is 6.61 Å². The minimum absolute atomic E-state index is 0.0786. The Balaban J connectivity index is 1.66. The molecule has 2 heteroatoms. The lowest BCUT2D eigenvalue weighted by atomic mass is 10.1. The molecule has 0 radical (unpaired) electrons. The van der Waals surface area contributed by atoms with Gasteiger partial charge in [-0.2, -0.15) is 0 Å². The fraction of sp³-hybridized carbons (Fsp3) is 0.333. The van der Waals surface area contributed by atoms with Crippen molar-refractivity contribution in [2.75, 3.05) is 6.61 Å². The molecule has 0 aromatic heterocycles. The second kappa shape index (κ2) is 7.71. The summed E-state index contributed by atoms with van der Waals surface area (Å²) in [6.07, 6.45) is 3.35. The summed E-state index contributed by atoms with van der Waals surface area (Å²) in [6, 6.07) is 18.7. The summed E-state index contributed by atoms with van der Waals surface area (Å²) in [4.78, 5) is 0. The highest BCUT2D eigenvalue weighted by Crippen LogP contribution is 2.16. The molecule has 0 aliphatic rings. The van der Waals surface area contributed by atoms with Gasteiger partial charge in [-0.3, -0.25) is 0 Å². The van der Waals surface area contributed by atoms with E-state index in [-0.39, 0.29) is 6.04 Å². The van der Waals surface area contributed by atoms with Crippen LogP contribution >= 0.6 is 0 Å². The van der Waals surface area contributed by atoms with Crippen molar-refractivity contribution in [2.24, 2.45) is 5.73 Å². The lowest BCUT2D eigenvalue weighted by Gasteiger charge is -2.09. The molecular formula is C18H23NO. The third-order valence-corrected chi connectivity index (χ3v) is 3.38. The van der Waals surface area contributed by atoms with E-state index in [0.29, 0.717) is 0 Å². The number of hydrogen-bond donors (Lipinski definition) is 1. The molecule has 2 N–H and O–H groups in total. The molecule has 0 saturated heterocycles. The number of ether oxygens (including phenoxy) is 1. The van der Waals surface area contributed by atoms with Crippen molar-refractivity contribution in [3.63, 3.8) is 0 Å². The Morgan fingerprint density at radius 3 is 2.30 bits per heavy atom. The van der Waals surface area contributed by atoms with Crippen LogP contribution in [0.3, 0.4) is 0 Å². The molecule has 0 saturated carbocycles. The maximum absolute atomic E-state index is 5.82. The maximum atomic E-state index is 5.82. The second-order valence-electron chi connectivity index (χ2n) is 5.15. The summed E-state index contributed by atoms with van der Waals surface area (Å²) < 4.78 is 5.74. The molecule has 106 valence electrons. The highest BCUT2D eigenvalue weighted by atomic mass is 16.5. The van der Waals surface area contributed by atoms with E-state index in [1.54, 1.807) is 0 Å². The van der Waals surface area contributed by atoms with Gasteiger partial charge in [0.25, 0.3) is 0 Å². The van der Waals surface area contributed by atoms with E-state index in [0.717, 1.165) is 37.2 Å². The Bertz CT molecular complexity index is 491. The van der Waals surface area contributed by atoms with Crippen molar-refractivity contribution in [1.82, 2.24) is 0 Å². The van der Waals surface area contributed by atoms with Crippen LogP contribution < -0.4 is 10.5 Å². The molecule has 2 aromatic carbocycles. The van der Waals surface area contributed by atoms with Crippen LogP contribution in [0.15, 0.2) is 54.6 Å². The van der Waals surface area contributed by atoms with Gasteiger partial charge in [0.15, 0.2) is 0 Å². The molecule has 0 heterocycles. The molecule has 0 fully saturated rings. The van der Waals surface area contributed by atoms with Crippen molar-refractivity contribution in [2.45, 2.75) is 32.2 Å². The molecule has 0 bridgehead atoms. The highest BCUT2D eigenvalue weighted by molar-refractivity contribution is 5.28. The predicted molar refractivity (Wildman–Crippen MR) is 83.9 cm³/mol. The van der Waals surface area contributed by atoms with Crippen molar-refractivity contribution in [3.05, 3.63) is 65.7 Å². The van der Waals surface area contributed by atoms with E-state index >= 15 is 0 Å². The fourth-order valence-corrected chi connectivity index (χ4v) is 2.13. The first-order chi connectivity index (χ1) is 9.75. The summed E-state index contributed by atoms with van der Waals surface area (Å²) in [5, 5.41) is 0. The van der Waals surface area contributed by atoms with Gasteiger partial charge in [0.05, 0.1) is 6.61 Å². The van der Waals surface area contributed by atoms with Gasteiger partial charge < -0.3 is 10.5 Å². The summed E-state index contributed by atoms with van der Waals surface area (Å²) in [5.74, 6) is 0.925. The van der Waals surface area contributed by atoms with Crippen LogP contribution in [0, 0.1) is 0 Å². The minimum atomic E-state index is 0.0786. The molecule has 2 nitrogen and oxygen atoms in total. The molecule has 0 amide bonds. The van der Waals surface area contributed by atoms with Crippen LogP contribution in [0.2, 0.25) is 0 Å². The van der Waals surface area contributed by atoms with E-state index in [1.807, 2.05) is 31.2 Å². The minimum Gasteiger partial charge on any atom is -0.494 e. The standard InChI is InChI=1S/C18H23NO/c1-15(19)17-10-12-18(13-11-17)20-14-6-5-9-16-7-3-2-4-8-16/h2-4,7-8,10-13,15H,5-6,9,14,19H2,1H3/t15-/m0/s1. The lowest BCUT2D eigenvalue weighted by molar-refractivity contribution is 0.307. The van der Waals surface area contributed by atoms with E-state index < -0.39 is 0 Å². The zero-order valence-corrected chi connectivity index (χ0v) is 12.1. The molecule has 2 rings (SSSR count). The Morgan fingerprint density at radius 1 is 0.950 bits per heavy atom. The highest BCUT2D eigenvalue weighted by Gasteiger charge is 1.99. The fourth-order valence-electron chi connectivity index (χ4n) is 2.13. The molecule has 0 spiro atoms. The number of aryl methyl sites for hydroxylation is 1. The molecular weight excluding hydrogens is 246 g/mol. The maximum Gasteiger partial charge on any atom is 0.119 e. The monoisotopic (exact) mass is 269 g/mol. The Kier molecular flexibility index (Phi) is 5.63. The van der Waals surface area contributed by atoms with Crippen LogP contribution in [0.5, 0.6) is 5.75 Å². The molecule has 0 aliphatic heterocycles. The molecule has 0 aliphatic carbocycles. The summed E-state index contributed by atoms with van der Waals surface area (Å²) >= 11 is 0. The number of hydrogen-bond acceptors (Lipinski definition) is 2. The predicted octanol–water partition coefficient (Wildman–Crippen LogP) is 4.11. The normalized spacial score (nSPS) is 12.1. The van der Waals surface area contributed by atoms with Gasteiger partial charge in [0.2, 0.25) is 0 Å². The molecule has 2 aromatic rings. The first kappa shape index (κ1) is 14.6. The van der Waals surface area contributed by atoms with E-state index in [1.165, 1.54) is 5.56 Å². The van der Waals surface area contributed by atoms with Gasteiger partial charge >= 0.3 is 0 Å². The van der Waals surface area contributed by atoms with Crippen molar-refractivity contribution < 1.29 is 4.74 Å². The third kappa shape index (κ3) is 4.71. The van der Waals surface area contributed by atoms with E-state index in [4.69, 9.17) is 10.5 Å². The average molecular weight is 269 g/mol. The third-order valence-electron chi connectivity index (χ3n) is 3.38. The molecule has 1 atom stereocenters. The smallest absolute Gasteiger partial charge is 0.119 e. The number of nitrogens with two attached hydrogens (primary N) is 1. The van der Waals surface area contributed by atoms with E-state index in [9.17, 15) is 0 Å². The first-order valence-electron chi connectivity index (χ1n) is 7.28. The van der Waals surface area contributed by atoms with Gasteiger partial charge in [-0.15, -0.1) is 0 Å². The SMILES string of the molecule is C[C@H](N)c1ccc(OCCCCc2ccccc2)cc1. The van der Waals surface area contributed by atoms with E-state index in [2.05, 4.69) is 30.3 Å². The average Bonchev–Trinajstić information content (AvgIpc) is 2.48. The number of benzene rings is 2. The van der Waals surface area contributed by atoms with Crippen LogP contribution in [0.4, 0.5) is 0 Å². The summed E-state index contributed by atoms with van der Waals surface area (Å²) in [7, 11) is 0. The van der Waals surface area contributed by atoms with Crippen molar-refractivity contribution >= 4 is 0 Å². The van der Waals surface area contributed by atoms with Crippen LogP contribution in [-0.2, 0) is 6.42 Å². The Morgan fingerprint density at radius 2 is 1.65 bits per heavy atom. The van der Waals surface area contributed by atoms with Gasteiger partial charge in [0.1, 0.15) is 5.75 Å². The molecule has 20 heavy (non-hydrogen) atoms. The Labute approximate surface area is 121 Å². The largest absolute Gasteiger partial charge is 0.494 e.